The van der Waals surface area contributed by atoms with E-state index in [0.29, 0.717) is 0 Å². The zero-order valence-electron chi connectivity index (χ0n) is 14.5. The number of carbonyl (C=O) groups excluding carboxylic acids is 3. The first kappa shape index (κ1) is 22.4. The molecule has 1 aliphatic heterocycles. The molecule has 0 radical (unpaired) electrons. The van der Waals surface area contributed by atoms with E-state index in [2.05, 4.69) is 11.3 Å². The minimum Gasteiger partial charge on any atom is -0.743 e. The van der Waals surface area contributed by atoms with E-state index >= 15 is 0 Å². The molecule has 0 aromatic rings. The molecule has 1 saturated heterocycles. The number of rotatable bonds is 6. The molecule has 3 aliphatic rings. The summed E-state index contributed by atoms with van der Waals surface area (Å²) in [5.74, 6) is -9.00. The number of esters is 3. The minimum absolute atomic E-state index is 0.0249. The number of fused-ring (bicyclic) bond motifs is 1. The van der Waals surface area contributed by atoms with Crippen LogP contribution >= 0.6 is 0 Å². The topological polar surface area (TPSA) is 136 Å². The Labute approximate surface area is 164 Å². The summed E-state index contributed by atoms with van der Waals surface area (Å²) in [6.07, 6.45) is -12.3. The van der Waals surface area contributed by atoms with E-state index in [0.717, 1.165) is 6.08 Å². The second-order valence-corrected chi connectivity index (χ2v) is 8.45. The predicted octanol–water partition coefficient (Wildman–Crippen LogP) is 0.504. The molecule has 168 valence electrons. The third-order valence-corrected chi connectivity index (χ3v) is 6.29. The highest BCUT2D eigenvalue weighted by atomic mass is 32.2. The highest BCUT2D eigenvalue weighted by Gasteiger charge is 2.71. The van der Waals surface area contributed by atoms with Crippen LogP contribution in [-0.2, 0) is 38.7 Å². The minimum atomic E-state index is -6.87. The monoisotopic (exact) mass is 463 g/mol. The second kappa shape index (κ2) is 6.87. The van der Waals surface area contributed by atoms with Crippen molar-refractivity contribution in [2.45, 2.75) is 36.2 Å². The van der Waals surface area contributed by atoms with E-state index in [1.54, 1.807) is 0 Å². The molecule has 7 atom stereocenters. The summed E-state index contributed by atoms with van der Waals surface area (Å²) in [5, 5.41) is -6.02. The highest BCUT2D eigenvalue weighted by molar-refractivity contribution is 7.86. The van der Waals surface area contributed by atoms with Crippen molar-refractivity contribution in [2.24, 2.45) is 23.7 Å². The van der Waals surface area contributed by atoms with E-state index in [1.165, 1.54) is 0 Å². The fourth-order valence-corrected chi connectivity index (χ4v) is 4.75. The molecule has 9 nitrogen and oxygen atoms in total. The lowest BCUT2D eigenvalue weighted by Gasteiger charge is -2.33. The first-order valence-electron chi connectivity index (χ1n) is 8.25. The summed E-state index contributed by atoms with van der Waals surface area (Å²) >= 11 is 0. The summed E-state index contributed by atoms with van der Waals surface area (Å²) in [7, 11) is -6.87. The number of carbonyl (C=O) groups is 3. The molecule has 2 bridgehead atoms. The lowest BCUT2D eigenvalue weighted by atomic mass is 9.78. The van der Waals surface area contributed by atoms with Crippen molar-refractivity contribution < 1.29 is 63.5 Å². The van der Waals surface area contributed by atoms with Gasteiger partial charge in [0.15, 0.2) is 10.1 Å². The molecular weight excluding hydrogens is 451 g/mol. The fraction of sp³-hybridized carbons (Fsp3) is 0.667. The van der Waals surface area contributed by atoms with Crippen molar-refractivity contribution in [3.05, 3.63) is 12.7 Å². The summed E-state index contributed by atoms with van der Waals surface area (Å²) in [6.45, 7) is 3.14. The Balaban J connectivity index is 1.91. The molecule has 3 fully saturated rings. The standard InChI is InChI=1S/C15H13F5O9S/c1-2-6(21)27-9-4-3-5-7(11(22)28-10(5)9)8(4)12(23)29-13(14(16,17)18)15(19,20)30(24,25)26/h2,4-5,7-10,13H,1,3H2,(H,24,25,26)/p-1. The molecule has 0 amide bonds. The van der Waals surface area contributed by atoms with Crippen LogP contribution in [0.5, 0.6) is 0 Å². The number of alkyl halides is 5. The summed E-state index contributed by atoms with van der Waals surface area (Å²) in [4.78, 5) is 35.9. The van der Waals surface area contributed by atoms with Gasteiger partial charge in [-0.2, -0.15) is 22.0 Å². The molecule has 30 heavy (non-hydrogen) atoms. The summed E-state index contributed by atoms with van der Waals surface area (Å²) in [6, 6.07) is 0. The molecule has 3 rings (SSSR count). The molecule has 0 spiro atoms. The maximum atomic E-state index is 13.6. The summed E-state index contributed by atoms with van der Waals surface area (Å²) in [5.41, 5.74) is 0. The smallest absolute Gasteiger partial charge is 0.432 e. The largest absolute Gasteiger partial charge is 0.743 e. The number of ether oxygens (including phenoxy) is 3. The van der Waals surface area contributed by atoms with Crippen molar-refractivity contribution >= 4 is 28.0 Å². The quantitative estimate of drug-likeness (QED) is 0.181. The maximum Gasteiger partial charge on any atom is 0.432 e. The van der Waals surface area contributed by atoms with Gasteiger partial charge in [-0.15, -0.1) is 0 Å². The van der Waals surface area contributed by atoms with E-state index in [9.17, 15) is 49.3 Å². The van der Waals surface area contributed by atoms with Crippen LogP contribution in [0.4, 0.5) is 22.0 Å². The van der Waals surface area contributed by atoms with Gasteiger partial charge in [0.05, 0.1) is 11.8 Å². The van der Waals surface area contributed by atoms with Crippen LogP contribution in [0.25, 0.3) is 0 Å². The van der Waals surface area contributed by atoms with Gasteiger partial charge in [-0.3, -0.25) is 9.59 Å². The van der Waals surface area contributed by atoms with Gasteiger partial charge in [-0.05, 0) is 6.42 Å². The van der Waals surface area contributed by atoms with Gasteiger partial charge in [-0.25, -0.2) is 13.2 Å². The Kier molecular flexibility index (Phi) is 5.13. The van der Waals surface area contributed by atoms with E-state index in [-0.39, 0.29) is 6.42 Å². The normalized spacial score (nSPS) is 33.7. The van der Waals surface area contributed by atoms with Gasteiger partial charge >= 0.3 is 29.3 Å². The molecule has 15 heteroatoms. The van der Waals surface area contributed by atoms with Crippen molar-refractivity contribution in [2.75, 3.05) is 0 Å². The predicted molar refractivity (Wildman–Crippen MR) is 79.1 cm³/mol. The van der Waals surface area contributed by atoms with Gasteiger partial charge in [0.1, 0.15) is 12.2 Å². The van der Waals surface area contributed by atoms with Gasteiger partial charge in [0.2, 0.25) is 0 Å². The second-order valence-electron chi connectivity index (χ2n) is 7.00. The third kappa shape index (κ3) is 3.33. The summed E-state index contributed by atoms with van der Waals surface area (Å²) < 4.78 is 112. The lowest BCUT2D eigenvalue weighted by molar-refractivity contribution is -0.262. The Morgan fingerprint density at radius 1 is 1.23 bits per heavy atom. The van der Waals surface area contributed by atoms with Crippen LogP contribution in [0.15, 0.2) is 12.7 Å². The van der Waals surface area contributed by atoms with Gasteiger partial charge in [0, 0.05) is 17.9 Å². The average Bonchev–Trinajstić information content (AvgIpc) is 3.20. The number of halogens is 5. The van der Waals surface area contributed by atoms with Crippen LogP contribution in [0.3, 0.4) is 0 Å². The Morgan fingerprint density at radius 2 is 1.83 bits per heavy atom. The zero-order chi connectivity index (χ0) is 22.8. The van der Waals surface area contributed by atoms with Gasteiger partial charge in [0.25, 0.3) is 6.10 Å². The van der Waals surface area contributed by atoms with Crippen molar-refractivity contribution in [1.82, 2.24) is 0 Å². The van der Waals surface area contributed by atoms with E-state index in [1.807, 2.05) is 0 Å². The molecule has 1 heterocycles. The first-order chi connectivity index (χ1) is 13.6. The van der Waals surface area contributed by atoms with E-state index < -0.39 is 81.4 Å². The molecule has 7 unspecified atom stereocenters. The first-order valence-corrected chi connectivity index (χ1v) is 9.66. The Hall–Kier alpha value is -2.29. The van der Waals surface area contributed by atoms with Crippen molar-refractivity contribution in [3.63, 3.8) is 0 Å². The number of hydrogen-bond donors (Lipinski definition) is 0. The third-order valence-electron chi connectivity index (χ3n) is 5.41. The fourth-order valence-electron chi connectivity index (χ4n) is 4.30. The molecule has 2 aliphatic carbocycles. The highest BCUT2D eigenvalue weighted by Crippen LogP contribution is 2.59. The van der Waals surface area contributed by atoms with Crippen molar-refractivity contribution in [3.8, 4) is 0 Å². The zero-order valence-corrected chi connectivity index (χ0v) is 15.3. The molecule has 2 saturated carbocycles. The number of hydrogen-bond acceptors (Lipinski definition) is 9. The Bertz CT molecular complexity index is 899. The molecule has 0 N–H and O–H groups in total. The van der Waals surface area contributed by atoms with Crippen LogP contribution in [0.2, 0.25) is 0 Å². The van der Waals surface area contributed by atoms with Crippen LogP contribution in [0.1, 0.15) is 6.42 Å². The van der Waals surface area contributed by atoms with E-state index in [4.69, 9.17) is 9.47 Å². The van der Waals surface area contributed by atoms with Crippen LogP contribution in [-0.4, -0.2) is 60.6 Å². The SMILES string of the molecule is C=CC(=O)OC1C2CC3C1OC(=O)C3C2C(=O)OC(C(F)(F)F)C(F)(F)S(=O)(=O)[O-]. The van der Waals surface area contributed by atoms with Gasteiger partial charge < -0.3 is 18.8 Å². The molecular formula is C15H12F5O9S-. The van der Waals surface area contributed by atoms with Crippen LogP contribution in [0, 0.1) is 23.7 Å². The molecule has 0 aromatic heterocycles. The maximum absolute atomic E-state index is 13.6. The van der Waals surface area contributed by atoms with Crippen molar-refractivity contribution in [1.29, 1.82) is 0 Å². The average molecular weight is 463 g/mol. The molecule has 0 aromatic carbocycles. The van der Waals surface area contributed by atoms with Crippen LogP contribution < -0.4 is 0 Å². The Morgan fingerprint density at radius 3 is 2.33 bits per heavy atom. The lowest BCUT2D eigenvalue weighted by Crippen LogP contribution is -2.54. The van der Waals surface area contributed by atoms with Gasteiger partial charge in [-0.1, -0.05) is 6.58 Å².